The standard InChI is InChI=1S/C20H24N2O3/c1-25-19-14-17(7-10-21-19)20(24)22-11-8-16(9-12-22)18(23)13-15-5-3-2-4-6-15/h2-7,10,14,16,18,23H,8-9,11-13H2,1H3. The van der Waals surface area contributed by atoms with E-state index in [1.54, 1.807) is 18.3 Å². The van der Waals surface area contributed by atoms with E-state index in [1.807, 2.05) is 35.2 Å². The van der Waals surface area contributed by atoms with Gasteiger partial charge >= 0.3 is 0 Å². The largest absolute Gasteiger partial charge is 0.481 e. The molecule has 1 atom stereocenters. The lowest BCUT2D eigenvalue weighted by atomic mass is 9.88. The number of amides is 1. The summed E-state index contributed by atoms with van der Waals surface area (Å²) < 4.78 is 5.08. The Morgan fingerprint density at radius 1 is 1.28 bits per heavy atom. The normalized spacial score (nSPS) is 16.5. The van der Waals surface area contributed by atoms with E-state index in [0.717, 1.165) is 18.4 Å². The smallest absolute Gasteiger partial charge is 0.254 e. The summed E-state index contributed by atoms with van der Waals surface area (Å²) in [6.07, 6.45) is 3.54. The van der Waals surface area contributed by atoms with E-state index in [2.05, 4.69) is 4.98 Å². The molecule has 1 saturated heterocycles. The SMILES string of the molecule is COc1cc(C(=O)N2CCC(C(O)Cc3ccccc3)CC2)ccn1. The van der Waals surface area contributed by atoms with Gasteiger partial charge in [-0.1, -0.05) is 30.3 Å². The van der Waals surface area contributed by atoms with E-state index < -0.39 is 0 Å². The number of aliphatic hydroxyl groups excluding tert-OH is 1. The molecule has 1 aliphatic rings. The second kappa shape index (κ2) is 8.12. The van der Waals surface area contributed by atoms with Crippen LogP contribution in [0, 0.1) is 5.92 Å². The Bertz CT molecular complexity index is 697. The Morgan fingerprint density at radius 2 is 2.00 bits per heavy atom. The highest BCUT2D eigenvalue weighted by molar-refractivity contribution is 5.94. The summed E-state index contributed by atoms with van der Waals surface area (Å²) in [5, 5.41) is 10.5. The van der Waals surface area contributed by atoms with Crippen molar-refractivity contribution in [3.05, 3.63) is 59.8 Å². The van der Waals surface area contributed by atoms with Gasteiger partial charge in [0.25, 0.3) is 5.91 Å². The minimum Gasteiger partial charge on any atom is -0.481 e. The summed E-state index contributed by atoms with van der Waals surface area (Å²) in [5.74, 6) is 0.673. The third-order valence-electron chi connectivity index (χ3n) is 4.85. The molecule has 1 aliphatic heterocycles. The molecular weight excluding hydrogens is 316 g/mol. The van der Waals surface area contributed by atoms with Crippen LogP contribution in [0.3, 0.4) is 0 Å². The number of methoxy groups -OCH3 is 1. The van der Waals surface area contributed by atoms with Crippen LogP contribution in [-0.4, -0.2) is 47.2 Å². The summed E-state index contributed by atoms with van der Waals surface area (Å²) in [7, 11) is 1.54. The molecule has 1 fully saturated rings. The van der Waals surface area contributed by atoms with Crippen LogP contribution < -0.4 is 4.74 Å². The summed E-state index contributed by atoms with van der Waals surface area (Å²) in [5.41, 5.74) is 1.74. The fraction of sp³-hybridized carbons (Fsp3) is 0.400. The molecule has 1 aromatic heterocycles. The third kappa shape index (κ3) is 4.37. The lowest BCUT2D eigenvalue weighted by Crippen LogP contribution is -2.41. The number of piperidine rings is 1. The van der Waals surface area contributed by atoms with Crippen LogP contribution in [0.4, 0.5) is 0 Å². The first-order valence-corrected chi connectivity index (χ1v) is 8.68. The van der Waals surface area contributed by atoms with E-state index >= 15 is 0 Å². The van der Waals surface area contributed by atoms with Crippen molar-refractivity contribution in [3.63, 3.8) is 0 Å². The predicted octanol–water partition coefficient (Wildman–Crippen LogP) is 2.55. The number of rotatable bonds is 5. The number of pyridine rings is 1. The van der Waals surface area contributed by atoms with Crippen molar-refractivity contribution in [3.8, 4) is 5.88 Å². The summed E-state index contributed by atoms with van der Waals surface area (Å²) in [6, 6.07) is 13.4. The Balaban J connectivity index is 1.55. The maximum absolute atomic E-state index is 12.6. The molecule has 1 N–H and O–H groups in total. The number of likely N-dealkylation sites (tertiary alicyclic amines) is 1. The number of benzene rings is 1. The first kappa shape index (κ1) is 17.4. The summed E-state index contributed by atoms with van der Waals surface area (Å²) >= 11 is 0. The summed E-state index contributed by atoms with van der Waals surface area (Å²) in [6.45, 7) is 1.33. The van der Waals surface area contributed by atoms with Crippen molar-refractivity contribution in [2.24, 2.45) is 5.92 Å². The molecule has 0 radical (unpaired) electrons. The second-order valence-corrected chi connectivity index (χ2v) is 6.47. The highest BCUT2D eigenvalue weighted by Gasteiger charge is 2.28. The monoisotopic (exact) mass is 340 g/mol. The Morgan fingerprint density at radius 3 is 2.68 bits per heavy atom. The zero-order valence-corrected chi connectivity index (χ0v) is 14.5. The van der Waals surface area contributed by atoms with E-state index in [1.165, 1.54) is 7.11 Å². The number of carbonyl (C=O) groups excluding carboxylic acids is 1. The van der Waals surface area contributed by atoms with Crippen molar-refractivity contribution in [2.45, 2.75) is 25.4 Å². The molecule has 1 aromatic carbocycles. The molecule has 0 saturated carbocycles. The van der Waals surface area contributed by atoms with Gasteiger partial charge in [-0.15, -0.1) is 0 Å². The lowest BCUT2D eigenvalue weighted by molar-refractivity contribution is 0.0467. The third-order valence-corrected chi connectivity index (χ3v) is 4.85. The highest BCUT2D eigenvalue weighted by Crippen LogP contribution is 2.24. The first-order valence-electron chi connectivity index (χ1n) is 8.68. The van der Waals surface area contributed by atoms with E-state index in [0.29, 0.717) is 31.0 Å². The quantitative estimate of drug-likeness (QED) is 0.909. The topological polar surface area (TPSA) is 62.7 Å². The van der Waals surface area contributed by atoms with Gasteiger partial charge in [0.1, 0.15) is 0 Å². The van der Waals surface area contributed by atoms with Crippen LogP contribution in [0.5, 0.6) is 5.88 Å². The van der Waals surface area contributed by atoms with Crippen molar-refractivity contribution in [1.29, 1.82) is 0 Å². The second-order valence-electron chi connectivity index (χ2n) is 6.47. The van der Waals surface area contributed by atoms with Crippen LogP contribution >= 0.6 is 0 Å². The zero-order valence-electron chi connectivity index (χ0n) is 14.5. The van der Waals surface area contributed by atoms with Crippen molar-refractivity contribution in [2.75, 3.05) is 20.2 Å². The minimum atomic E-state index is -0.360. The van der Waals surface area contributed by atoms with E-state index in [4.69, 9.17) is 4.74 Å². The average Bonchev–Trinajstić information content (AvgIpc) is 2.68. The fourth-order valence-electron chi connectivity index (χ4n) is 3.35. The first-order chi connectivity index (χ1) is 12.2. The van der Waals surface area contributed by atoms with E-state index in [-0.39, 0.29) is 17.9 Å². The Hall–Kier alpha value is -2.40. The number of ether oxygens (including phenoxy) is 1. The molecule has 2 heterocycles. The van der Waals surface area contributed by atoms with E-state index in [9.17, 15) is 9.90 Å². The number of nitrogens with zero attached hydrogens (tertiary/aromatic N) is 2. The Labute approximate surface area is 148 Å². The molecule has 0 spiro atoms. The molecule has 1 amide bonds. The zero-order chi connectivity index (χ0) is 17.6. The van der Waals surface area contributed by atoms with Gasteiger partial charge in [-0.05, 0) is 36.8 Å². The van der Waals surface area contributed by atoms with Gasteiger partial charge in [0.15, 0.2) is 0 Å². The molecular formula is C20H24N2O3. The molecule has 25 heavy (non-hydrogen) atoms. The van der Waals surface area contributed by atoms with Gasteiger partial charge in [0, 0.05) is 30.9 Å². The molecule has 1 unspecified atom stereocenters. The van der Waals surface area contributed by atoms with Crippen molar-refractivity contribution < 1.29 is 14.6 Å². The van der Waals surface area contributed by atoms with Crippen LogP contribution in [0.1, 0.15) is 28.8 Å². The number of hydrogen-bond donors (Lipinski definition) is 1. The Kier molecular flexibility index (Phi) is 5.66. The minimum absolute atomic E-state index is 0.00306. The van der Waals surface area contributed by atoms with Gasteiger partial charge in [0.05, 0.1) is 13.2 Å². The van der Waals surface area contributed by atoms with Gasteiger partial charge in [0.2, 0.25) is 5.88 Å². The van der Waals surface area contributed by atoms with Gasteiger partial charge in [-0.3, -0.25) is 4.79 Å². The van der Waals surface area contributed by atoms with Crippen LogP contribution in [0.15, 0.2) is 48.7 Å². The van der Waals surface area contributed by atoms with Gasteiger partial charge in [-0.2, -0.15) is 0 Å². The molecule has 132 valence electrons. The molecule has 5 nitrogen and oxygen atoms in total. The highest BCUT2D eigenvalue weighted by atomic mass is 16.5. The van der Waals surface area contributed by atoms with Gasteiger partial charge in [-0.25, -0.2) is 4.98 Å². The van der Waals surface area contributed by atoms with Crippen molar-refractivity contribution >= 4 is 5.91 Å². The van der Waals surface area contributed by atoms with Crippen LogP contribution in [0.2, 0.25) is 0 Å². The predicted molar refractivity (Wildman–Crippen MR) is 95.6 cm³/mol. The lowest BCUT2D eigenvalue weighted by Gasteiger charge is -2.34. The number of hydrogen-bond acceptors (Lipinski definition) is 4. The van der Waals surface area contributed by atoms with Gasteiger partial charge < -0.3 is 14.7 Å². The number of aromatic nitrogens is 1. The maximum Gasteiger partial charge on any atom is 0.254 e. The summed E-state index contributed by atoms with van der Waals surface area (Å²) in [4.78, 5) is 18.5. The maximum atomic E-state index is 12.6. The molecule has 2 aromatic rings. The molecule has 0 bridgehead atoms. The molecule has 3 rings (SSSR count). The van der Waals surface area contributed by atoms with Crippen molar-refractivity contribution in [1.82, 2.24) is 9.88 Å². The molecule has 5 heteroatoms. The van der Waals surface area contributed by atoms with Crippen LogP contribution in [-0.2, 0) is 6.42 Å². The van der Waals surface area contributed by atoms with Crippen LogP contribution in [0.25, 0.3) is 0 Å². The molecule has 0 aliphatic carbocycles. The average molecular weight is 340 g/mol. The number of aliphatic hydroxyl groups is 1. The fourth-order valence-corrected chi connectivity index (χ4v) is 3.35. The number of carbonyl (C=O) groups is 1.